The van der Waals surface area contributed by atoms with Crippen molar-refractivity contribution in [2.45, 2.75) is 42.2 Å². The summed E-state index contributed by atoms with van der Waals surface area (Å²) >= 11 is 8.01. The van der Waals surface area contributed by atoms with Crippen molar-refractivity contribution in [1.82, 2.24) is 0 Å². The summed E-state index contributed by atoms with van der Waals surface area (Å²) < 4.78 is 0. The van der Waals surface area contributed by atoms with Crippen molar-refractivity contribution >= 4 is 29.6 Å². The van der Waals surface area contributed by atoms with Gasteiger partial charge < -0.3 is 0 Å². The molecule has 1 aromatic carbocycles. The molecule has 1 aromatic rings. The summed E-state index contributed by atoms with van der Waals surface area (Å²) in [5.41, 5.74) is 0.651. The molecule has 16 heavy (non-hydrogen) atoms. The van der Waals surface area contributed by atoms with Crippen molar-refractivity contribution in [2.75, 3.05) is 0 Å². The van der Waals surface area contributed by atoms with Crippen molar-refractivity contribution in [1.29, 1.82) is 0 Å². The largest absolute Gasteiger partial charge is 0.298 e. The predicted molar refractivity (Wildman–Crippen MR) is 69.6 cm³/mol. The quantitative estimate of drug-likeness (QED) is 0.735. The molecule has 0 bridgehead atoms. The number of aldehydes is 1. The minimum atomic E-state index is 0.651. The summed E-state index contributed by atoms with van der Waals surface area (Å²) in [4.78, 5) is 11.7. The molecule has 0 spiro atoms. The van der Waals surface area contributed by atoms with Crippen LogP contribution in [-0.2, 0) is 0 Å². The monoisotopic (exact) mass is 254 g/mol. The van der Waals surface area contributed by atoms with Crippen LogP contribution in [0.15, 0.2) is 23.1 Å². The van der Waals surface area contributed by atoms with E-state index >= 15 is 0 Å². The Morgan fingerprint density at radius 2 is 2.00 bits per heavy atom. The fourth-order valence-electron chi connectivity index (χ4n) is 2.05. The van der Waals surface area contributed by atoms with Gasteiger partial charge in [0.15, 0.2) is 0 Å². The van der Waals surface area contributed by atoms with Crippen molar-refractivity contribution in [3.63, 3.8) is 0 Å². The highest BCUT2D eigenvalue weighted by Crippen LogP contribution is 2.37. The first-order chi connectivity index (χ1) is 7.79. The maximum Gasteiger partial charge on any atom is 0.150 e. The van der Waals surface area contributed by atoms with Crippen LogP contribution in [0.25, 0.3) is 0 Å². The number of hydrogen-bond acceptors (Lipinski definition) is 2. The molecule has 0 unspecified atom stereocenters. The van der Waals surface area contributed by atoms with Gasteiger partial charge in [-0.3, -0.25) is 4.79 Å². The summed E-state index contributed by atoms with van der Waals surface area (Å²) in [5.74, 6) is 0. The van der Waals surface area contributed by atoms with Gasteiger partial charge in [-0.2, -0.15) is 0 Å². The van der Waals surface area contributed by atoms with E-state index in [-0.39, 0.29) is 0 Å². The van der Waals surface area contributed by atoms with Gasteiger partial charge in [0.25, 0.3) is 0 Å². The third kappa shape index (κ3) is 3.02. The molecule has 0 N–H and O–H groups in total. The van der Waals surface area contributed by atoms with Crippen LogP contribution in [0.5, 0.6) is 0 Å². The standard InChI is InChI=1S/C13H15ClOS/c14-12-8-10(9-15)6-7-13(12)16-11-4-2-1-3-5-11/h6-9,11H,1-5H2. The number of thioether (sulfide) groups is 1. The Labute approximate surface area is 106 Å². The smallest absolute Gasteiger partial charge is 0.150 e. The van der Waals surface area contributed by atoms with E-state index in [2.05, 4.69) is 0 Å². The molecular formula is C13H15ClOS. The van der Waals surface area contributed by atoms with Crippen molar-refractivity contribution in [2.24, 2.45) is 0 Å². The van der Waals surface area contributed by atoms with E-state index in [4.69, 9.17) is 11.6 Å². The van der Waals surface area contributed by atoms with Crippen LogP contribution in [0, 0.1) is 0 Å². The highest BCUT2D eigenvalue weighted by atomic mass is 35.5. The predicted octanol–water partition coefficient (Wildman–Crippen LogP) is 4.58. The van der Waals surface area contributed by atoms with Crippen LogP contribution in [0.1, 0.15) is 42.5 Å². The molecular weight excluding hydrogens is 240 g/mol. The number of carbonyl (C=O) groups is 1. The molecule has 2 rings (SSSR count). The average Bonchev–Trinajstić information content (AvgIpc) is 2.33. The molecule has 0 aliphatic heterocycles. The molecule has 86 valence electrons. The Bertz CT molecular complexity index is 372. The molecule has 0 aromatic heterocycles. The molecule has 0 heterocycles. The lowest BCUT2D eigenvalue weighted by Gasteiger charge is -2.21. The Morgan fingerprint density at radius 3 is 2.62 bits per heavy atom. The number of hydrogen-bond donors (Lipinski definition) is 0. The first kappa shape index (κ1) is 12.0. The van der Waals surface area contributed by atoms with Gasteiger partial charge >= 0.3 is 0 Å². The second-order valence-corrected chi connectivity index (χ2v) is 5.93. The molecule has 0 atom stereocenters. The highest BCUT2D eigenvalue weighted by molar-refractivity contribution is 8.00. The zero-order chi connectivity index (χ0) is 11.4. The fourth-order valence-corrected chi connectivity index (χ4v) is 3.62. The maximum absolute atomic E-state index is 10.6. The van der Waals surface area contributed by atoms with Crippen LogP contribution in [-0.4, -0.2) is 11.5 Å². The summed E-state index contributed by atoms with van der Waals surface area (Å²) in [7, 11) is 0. The van der Waals surface area contributed by atoms with Crippen LogP contribution in [0.3, 0.4) is 0 Å². The number of rotatable bonds is 3. The van der Waals surface area contributed by atoms with Crippen molar-refractivity contribution in [3.05, 3.63) is 28.8 Å². The Hall–Kier alpha value is -0.470. The fraction of sp³-hybridized carbons (Fsp3) is 0.462. The summed E-state index contributed by atoms with van der Waals surface area (Å²) in [5, 5.41) is 1.41. The topological polar surface area (TPSA) is 17.1 Å². The van der Waals surface area contributed by atoms with Gasteiger partial charge in [-0.25, -0.2) is 0 Å². The van der Waals surface area contributed by atoms with E-state index < -0.39 is 0 Å². The Kier molecular flexibility index (Phi) is 4.30. The molecule has 1 nitrogen and oxygen atoms in total. The van der Waals surface area contributed by atoms with E-state index in [1.807, 2.05) is 23.9 Å². The highest BCUT2D eigenvalue weighted by Gasteiger charge is 2.15. The first-order valence-corrected chi connectivity index (χ1v) is 6.97. The SMILES string of the molecule is O=Cc1ccc(SC2CCCCC2)c(Cl)c1. The third-order valence-corrected chi connectivity index (χ3v) is 4.78. The summed E-state index contributed by atoms with van der Waals surface area (Å²) in [6, 6.07) is 5.55. The van der Waals surface area contributed by atoms with Crippen molar-refractivity contribution < 1.29 is 4.79 Å². The van der Waals surface area contributed by atoms with Crippen molar-refractivity contribution in [3.8, 4) is 0 Å². The lowest BCUT2D eigenvalue weighted by atomic mass is 10.0. The average molecular weight is 255 g/mol. The van der Waals surface area contributed by atoms with Gasteiger partial charge in [-0.05, 0) is 25.0 Å². The second-order valence-electron chi connectivity index (χ2n) is 4.19. The summed E-state index contributed by atoms with van der Waals surface area (Å²) in [6.45, 7) is 0. The third-order valence-electron chi connectivity index (χ3n) is 2.94. The van der Waals surface area contributed by atoms with E-state index in [0.717, 1.165) is 11.2 Å². The molecule has 1 saturated carbocycles. The molecule has 0 radical (unpaired) electrons. The summed E-state index contributed by atoms with van der Waals surface area (Å²) in [6.07, 6.45) is 7.45. The van der Waals surface area contributed by atoms with Gasteiger partial charge in [-0.1, -0.05) is 36.9 Å². The zero-order valence-electron chi connectivity index (χ0n) is 9.12. The molecule has 1 aliphatic carbocycles. The van der Waals surface area contributed by atoms with Gasteiger partial charge in [0, 0.05) is 15.7 Å². The van der Waals surface area contributed by atoms with Crippen LogP contribution in [0.2, 0.25) is 5.02 Å². The lowest BCUT2D eigenvalue weighted by molar-refractivity contribution is 0.112. The first-order valence-electron chi connectivity index (χ1n) is 5.71. The number of benzene rings is 1. The van der Waals surface area contributed by atoms with Crippen LogP contribution < -0.4 is 0 Å². The van der Waals surface area contributed by atoms with Gasteiger partial charge in [0.1, 0.15) is 6.29 Å². The van der Waals surface area contributed by atoms with E-state index in [9.17, 15) is 4.79 Å². The van der Waals surface area contributed by atoms with Gasteiger partial charge in [0.05, 0.1) is 5.02 Å². The molecule has 1 fully saturated rings. The van der Waals surface area contributed by atoms with E-state index in [0.29, 0.717) is 15.8 Å². The number of halogens is 1. The molecule has 1 aliphatic rings. The maximum atomic E-state index is 10.6. The Balaban J connectivity index is 2.05. The zero-order valence-corrected chi connectivity index (χ0v) is 10.7. The molecule has 0 amide bonds. The van der Waals surface area contributed by atoms with Crippen LogP contribution in [0.4, 0.5) is 0 Å². The van der Waals surface area contributed by atoms with Gasteiger partial charge in [0.2, 0.25) is 0 Å². The van der Waals surface area contributed by atoms with E-state index in [1.165, 1.54) is 32.1 Å². The molecule has 3 heteroatoms. The Morgan fingerprint density at radius 1 is 1.25 bits per heavy atom. The van der Waals surface area contributed by atoms with E-state index in [1.54, 1.807) is 6.07 Å². The normalized spacial score (nSPS) is 17.3. The lowest BCUT2D eigenvalue weighted by Crippen LogP contribution is -2.07. The molecule has 0 saturated heterocycles. The number of carbonyl (C=O) groups excluding carboxylic acids is 1. The van der Waals surface area contributed by atoms with Gasteiger partial charge in [-0.15, -0.1) is 11.8 Å². The second kappa shape index (κ2) is 5.74. The minimum absolute atomic E-state index is 0.651. The van der Waals surface area contributed by atoms with Crippen LogP contribution >= 0.6 is 23.4 Å². The minimum Gasteiger partial charge on any atom is -0.298 e.